The SMILES string of the molecule is CC(CCl)OOP(C)(=O)O. The average Bonchev–Trinajstić information content (AvgIpc) is 1.81. The van der Waals surface area contributed by atoms with Crippen molar-refractivity contribution in [3.05, 3.63) is 0 Å². The molecule has 0 rings (SSSR count). The topological polar surface area (TPSA) is 55.8 Å². The number of hydrogen-bond acceptors (Lipinski definition) is 3. The van der Waals surface area contributed by atoms with E-state index in [-0.39, 0.29) is 12.0 Å². The highest BCUT2D eigenvalue weighted by Gasteiger charge is 2.13. The summed E-state index contributed by atoms with van der Waals surface area (Å²) in [5.41, 5.74) is 0. The van der Waals surface area contributed by atoms with Crippen LogP contribution in [0.25, 0.3) is 0 Å². The second kappa shape index (κ2) is 4.31. The molecule has 6 heteroatoms. The van der Waals surface area contributed by atoms with Gasteiger partial charge in [0.05, 0.1) is 5.88 Å². The van der Waals surface area contributed by atoms with E-state index in [2.05, 4.69) is 9.56 Å². The predicted octanol–water partition coefficient (Wildman–Crippen LogP) is 1.38. The molecule has 0 saturated carbocycles. The molecule has 0 radical (unpaired) electrons. The Morgan fingerprint density at radius 1 is 1.80 bits per heavy atom. The first-order valence-corrected chi connectivity index (χ1v) is 5.23. The van der Waals surface area contributed by atoms with Gasteiger partial charge >= 0.3 is 7.60 Å². The lowest BCUT2D eigenvalue weighted by Gasteiger charge is -2.09. The second-order valence-corrected chi connectivity index (χ2v) is 4.00. The summed E-state index contributed by atoms with van der Waals surface area (Å²) in [6, 6.07) is 0. The molecule has 0 aliphatic carbocycles. The fraction of sp³-hybridized carbons (Fsp3) is 1.00. The highest BCUT2D eigenvalue weighted by molar-refractivity contribution is 7.51. The van der Waals surface area contributed by atoms with Crippen molar-refractivity contribution in [1.82, 2.24) is 0 Å². The first-order valence-electron chi connectivity index (χ1n) is 2.67. The third-order valence-corrected chi connectivity index (χ3v) is 1.36. The minimum Gasteiger partial charge on any atom is -0.323 e. The molecule has 0 bridgehead atoms. The van der Waals surface area contributed by atoms with Crippen LogP contribution in [0.15, 0.2) is 0 Å². The highest BCUT2D eigenvalue weighted by atomic mass is 35.5. The van der Waals surface area contributed by atoms with Gasteiger partial charge in [0.1, 0.15) is 6.10 Å². The molecule has 0 fully saturated rings. The van der Waals surface area contributed by atoms with Gasteiger partial charge < -0.3 is 4.89 Å². The van der Waals surface area contributed by atoms with Crippen molar-refractivity contribution in [2.24, 2.45) is 0 Å². The summed E-state index contributed by atoms with van der Waals surface area (Å²) in [4.78, 5) is 12.9. The van der Waals surface area contributed by atoms with Crippen molar-refractivity contribution in [3.8, 4) is 0 Å². The molecule has 0 aromatic rings. The normalized spacial score (nSPS) is 20.0. The van der Waals surface area contributed by atoms with Gasteiger partial charge in [-0.25, -0.2) is 4.89 Å². The average molecular weight is 189 g/mol. The third-order valence-electron chi connectivity index (χ3n) is 0.563. The number of rotatable bonds is 4. The summed E-state index contributed by atoms with van der Waals surface area (Å²) in [6.07, 6.45) is -0.373. The molecule has 0 spiro atoms. The van der Waals surface area contributed by atoms with Crippen molar-refractivity contribution in [1.29, 1.82) is 0 Å². The van der Waals surface area contributed by atoms with Gasteiger partial charge in [0.25, 0.3) is 0 Å². The van der Waals surface area contributed by atoms with E-state index in [0.29, 0.717) is 0 Å². The first-order chi connectivity index (χ1) is 4.45. The molecule has 0 heterocycles. The van der Waals surface area contributed by atoms with E-state index in [1.165, 1.54) is 0 Å². The van der Waals surface area contributed by atoms with Crippen LogP contribution >= 0.6 is 19.2 Å². The van der Waals surface area contributed by atoms with Crippen LogP contribution in [0.1, 0.15) is 6.92 Å². The van der Waals surface area contributed by atoms with Crippen molar-refractivity contribution < 1.29 is 19.0 Å². The van der Waals surface area contributed by atoms with E-state index in [1.54, 1.807) is 6.92 Å². The molecule has 1 N–H and O–H groups in total. The highest BCUT2D eigenvalue weighted by Crippen LogP contribution is 2.37. The van der Waals surface area contributed by atoms with Gasteiger partial charge in [-0.2, -0.15) is 0 Å². The Hall–Kier alpha value is 0.400. The van der Waals surface area contributed by atoms with Gasteiger partial charge in [0.15, 0.2) is 0 Å². The molecule has 0 aliphatic rings. The van der Waals surface area contributed by atoms with E-state index < -0.39 is 7.60 Å². The summed E-state index contributed by atoms with van der Waals surface area (Å²) >= 11 is 5.30. The van der Waals surface area contributed by atoms with Crippen LogP contribution in [0, 0.1) is 0 Å². The summed E-state index contributed by atoms with van der Waals surface area (Å²) in [5.74, 6) is 0.222. The lowest BCUT2D eigenvalue weighted by molar-refractivity contribution is -0.238. The summed E-state index contributed by atoms with van der Waals surface area (Å²) in [5, 5.41) is 0. The molecule has 0 aliphatic heterocycles. The molecule has 0 amide bonds. The zero-order valence-electron chi connectivity index (χ0n) is 5.78. The van der Waals surface area contributed by atoms with Crippen molar-refractivity contribution in [2.45, 2.75) is 13.0 Å². The maximum Gasteiger partial charge on any atom is 0.352 e. The van der Waals surface area contributed by atoms with Crippen LogP contribution in [0.2, 0.25) is 0 Å². The summed E-state index contributed by atoms with van der Waals surface area (Å²) in [7, 11) is -3.51. The Morgan fingerprint density at radius 3 is 2.60 bits per heavy atom. The standard InChI is InChI=1S/C4H10ClO4P/c1-4(3-5)8-9-10(2,6)7/h4H,3H2,1-2H3,(H,6,7). The Bertz CT molecular complexity index is 133. The Kier molecular flexibility index (Phi) is 4.49. The van der Waals surface area contributed by atoms with Crippen LogP contribution in [0.3, 0.4) is 0 Å². The molecule has 62 valence electrons. The van der Waals surface area contributed by atoms with Crippen LogP contribution in [0.4, 0.5) is 0 Å². The largest absolute Gasteiger partial charge is 0.352 e. The lowest BCUT2D eigenvalue weighted by Crippen LogP contribution is -2.08. The monoisotopic (exact) mass is 188 g/mol. The quantitative estimate of drug-likeness (QED) is 0.313. The third kappa shape index (κ3) is 6.52. The molecule has 0 aromatic heterocycles. The van der Waals surface area contributed by atoms with Crippen LogP contribution in [-0.4, -0.2) is 23.5 Å². The molecule has 0 aromatic carbocycles. The Labute approximate surface area is 64.6 Å². The van der Waals surface area contributed by atoms with Crippen molar-refractivity contribution >= 4 is 19.2 Å². The van der Waals surface area contributed by atoms with Gasteiger partial charge in [0, 0.05) is 6.66 Å². The van der Waals surface area contributed by atoms with Crippen molar-refractivity contribution in [2.75, 3.05) is 12.5 Å². The smallest absolute Gasteiger partial charge is 0.323 e. The molecule has 2 unspecified atom stereocenters. The summed E-state index contributed by atoms with van der Waals surface area (Å²) < 4.78 is 14.5. The van der Waals surface area contributed by atoms with E-state index >= 15 is 0 Å². The molecular weight excluding hydrogens is 178 g/mol. The fourth-order valence-corrected chi connectivity index (χ4v) is 0.537. The minimum absolute atomic E-state index is 0.222. The number of alkyl halides is 1. The molecular formula is C4H10ClO4P. The lowest BCUT2D eigenvalue weighted by atomic mass is 10.5. The van der Waals surface area contributed by atoms with Gasteiger partial charge in [-0.3, -0.25) is 4.57 Å². The Morgan fingerprint density at radius 2 is 2.30 bits per heavy atom. The van der Waals surface area contributed by atoms with Gasteiger partial charge in [0.2, 0.25) is 0 Å². The minimum atomic E-state index is -3.51. The molecule has 2 atom stereocenters. The van der Waals surface area contributed by atoms with Gasteiger partial charge in [-0.05, 0) is 6.92 Å². The number of halogens is 1. The van der Waals surface area contributed by atoms with Crippen LogP contribution in [0.5, 0.6) is 0 Å². The van der Waals surface area contributed by atoms with Gasteiger partial charge in [-0.15, -0.1) is 16.3 Å². The predicted molar refractivity (Wildman–Crippen MR) is 38.1 cm³/mol. The number of hydrogen-bond donors (Lipinski definition) is 1. The fourth-order valence-electron chi connectivity index (χ4n) is 0.179. The van der Waals surface area contributed by atoms with E-state index in [0.717, 1.165) is 6.66 Å². The maximum absolute atomic E-state index is 10.4. The molecule has 0 saturated heterocycles. The second-order valence-electron chi connectivity index (χ2n) is 1.94. The zero-order chi connectivity index (χ0) is 8.20. The molecule has 4 nitrogen and oxygen atoms in total. The van der Waals surface area contributed by atoms with E-state index in [9.17, 15) is 4.57 Å². The zero-order valence-corrected chi connectivity index (χ0v) is 7.43. The van der Waals surface area contributed by atoms with Crippen LogP contribution < -0.4 is 0 Å². The van der Waals surface area contributed by atoms with Crippen LogP contribution in [-0.2, 0) is 14.1 Å². The summed E-state index contributed by atoms with van der Waals surface area (Å²) in [6.45, 7) is 2.66. The van der Waals surface area contributed by atoms with Gasteiger partial charge in [-0.1, -0.05) is 0 Å². The maximum atomic E-state index is 10.4. The van der Waals surface area contributed by atoms with E-state index in [4.69, 9.17) is 16.5 Å². The Balaban J connectivity index is 3.46. The van der Waals surface area contributed by atoms with E-state index in [1.807, 2.05) is 0 Å². The molecule has 10 heavy (non-hydrogen) atoms. The first kappa shape index (κ1) is 10.4. The van der Waals surface area contributed by atoms with Crippen molar-refractivity contribution in [3.63, 3.8) is 0 Å².